The summed E-state index contributed by atoms with van der Waals surface area (Å²) >= 11 is 0. The van der Waals surface area contributed by atoms with Gasteiger partial charge in [0.25, 0.3) is 0 Å². The van der Waals surface area contributed by atoms with E-state index < -0.39 is 5.97 Å². The van der Waals surface area contributed by atoms with E-state index >= 15 is 0 Å². The molecular formula is C12H15N3O2. The average Bonchev–Trinajstić information content (AvgIpc) is 2.33. The molecule has 0 saturated heterocycles. The van der Waals surface area contributed by atoms with Crippen LogP contribution >= 0.6 is 0 Å². The number of ether oxygens (including phenoxy) is 1. The van der Waals surface area contributed by atoms with Crippen molar-refractivity contribution >= 4 is 11.8 Å². The van der Waals surface area contributed by atoms with Crippen molar-refractivity contribution in [1.29, 1.82) is 0 Å². The molecule has 1 heterocycles. The average molecular weight is 233 g/mol. The quantitative estimate of drug-likeness (QED) is 0.473. The first-order valence-electron chi connectivity index (χ1n) is 5.28. The monoisotopic (exact) mass is 233 g/mol. The van der Waals surface area contributed by atoms with Crippen molar-refractivity contribution in [1.82, 2.24) is 9.97 Å². The van der Waals surface area contributed by atoms with Crippen LogP contribution < -0.4 is 5.32 Å². The standard InChI is InChI=1S/C12H15N3O2/c1-4-5-6-7-13-10-8-9(2)14-11(15-10)12(16)17-3/h1,8H,5-7H2,2-3H3,(H,13,14,15). The molecule has 0 unspecified atom stereocenters. The molecule has 1 N–H and O–H groups in total. The molecule has 0 radical (unpaired) electrons. The second-order valence-electron chi connectivity index (χ2n) is 3.44. The summed E-state index contributed by atoms with van der Waals surface area (Å²) < 4.78 is 4.57. The predicted molar refractivity (Wildman–Crippen MR) is 64.7 cm³/mol. The first-order chi connectivity index (χ1) is 8.17. The molecule has 5 heteroatoms. The summed E-state index contributed by atoms with van der Waals surface area (Å²) in [6, 6.07) is 1.77. The minimum atomic E-state index is -0.541. The highest BCUT2D eigenvalue weighted by atomic mass is 16.5. The lowest BCUT2D eigenvalue weighted by atomic mass is 10.3. The Labute approximate surface area is 101 Å². The molecule has 0 fully saturated rings. The maximum atomic E-state index is 11.3. The SMILES string of the molecule is C#CCCCNc1cc(C)nc(C(=O)OC)n1. The molecule has 1 aromatic rings. The second-order valence-corrected chi connectivity index (χ2v) is 3.44. The Balaban J connectivity index is 2.69. The van der Waals surface area contributed by atoms with E-state index in [4.69, 9.17) is 6.42 Å². The maximum absolute atomic E-state index is 11.3. The van der Waals surface area contributed by atoms with Gasteiger partial charge in [0.15, 0.2) is 0 Å². The first-order valence-corrected chi connectivity index (χ1v) is 5.28. The lowest BCUT2D eigenvalue weighted by molar-refractivity contribution is 0.0586. The zero-order chi connectivity index (χ0) is 12.7. The summed E-state index contributed by atoms with van der Waals surface area (Å²) in [4.78, 5) is 19.3. The van der Waals surface area contributed by atoms with Gasteiger partial charge in [-0.1, -0.05) is 0 Å². The van der Waals surface area contributed by atoms with Gasteiger partial charge in [0.2, 0.25) is 5.82 Å². The van der Waals surface area contributed by atoms with E-state index in [0.29, 0.717) is 24.5 Å². The van der Waals surface area contributed by atoms with Crippen LogP contribution in [0, 0.1) is 19.3 Å². The Kier molecular flexibility index (Phi) is 4.95. The number of carbonyl (C=O) groups is 1. The zero-order valence-corrected chi connectivity index (χ0v) is 9.99. The highest BCUT2D eigenvalue weighted by Crippen LogP contribution is 2.07. The van der Waals surface area contributed by atoms with Gasteiger partial charge >= 0.3 is 5.97 Å². The molecule has 17 heavy (non-hydrogen) atoms. The highest BCUT2D eigenvalue weighted by Gasteiger charge is 2.10. The summed E-state index contributed by atoms with van der Waals surface area (Å²) in [6.45, 7) is 2.50. The van der Waals surface area contributed by atoms with Crippen molar-refractivity contribution < 1.29 is 9.53 Å². The molecule has 0 aliphatic heterocycles. The van der Waals surface area contributed by atoms with Crippen molar-refractivity contribution in [3.8, 4) is 12.3 Å². The van der Waals surface area contributed by atoms with Crippen LogP contribution in [0.1, 0.15) is 29.2 Å². The topological polar surface area (TPSA) is 64.1 Å². The van der Waals surface area contributed by atoms with Crippen LogP contribution in [0.15, 0.2) is 6.07 Å². The molecule has 5 nitrogen and oxygen atoms in total. The number of methoxy groups -OCH3 is 1. The molecule has 0 saturated carbocycles. The summed E-state index contributed by atoms with van der Waals surface area (Å²) in [6.07, 6.45) is 6.71. The number of carbonyl (C=O) groups excluding carboxylic acids is 1. The first kappa shape index (κ1) is 13.0. The molecule has 0 aliphatic rings. The van der Waals surface area contributed by atoms with Crippen molar-refractivity contribution in [3.05, 3.63) is 17.6 Å². The van der Waals surface area contributed by atoms with Gasteiger partial charge in [-0.3, -0.25) is 0 Å². The van der Waals surface area contributed by atoms with Crippen LogP contribution in [0.25, 0.3) is 0 Å². The number of nitrogens with one attached hydrogen (secondary N) is 1. The van der Waals surface area contributed by atoms with Gasteiger partial charge in [-0.25, -0.2) is 14.8 Å². The molecule has 0 amide bonds. The number of rotatable bonds is 5. The number of aryl methyl sites for hydroxylation is 1. The van der Waals surface area contributed by atoms with Crippen molar-refractivity contribution in [2.24, 2.45) is 0 Å². The van der Waals surface area contributed by atoms with Gasteiger partial charge in [-0.2, -0.15) is 0 Å². The largest absolute Gasteiger partial charge is 0.463 e. The fourth-order valence-corrected chi connectivity index (χ4v) is 1.25. The van der Waals surface area contributed by atoms with E-state index in [1.165, 1.54) is 7.11 Å². The number of unbranched alkanes of at least 4 members (excludes halogenated alkanes) is 1. The number of hydrogen-bond donors (Lipinski definition) is 1. The van der Waals surface area contributed by atoms with Gasteiger partial charge in [-0.15, -0.1) is 12.3 Å². The van der Waals surface area contributed by atoms with E-state index in [9.17, 15) is 4.79 Å². The van der Waals surface area contributed by atoms with Crippen LogP contribution in [0.4, 0.5) is 5.82 Å². The van der Waals surface area contributed by atoms with Gasteiger partial charge in [0.1, 0.15) is 5.82 Å². The second kappa shape index (κ2) is 6.48. The zero-order valence-electron chi connectivity index (χ0n) is 9.99. The Morgan fingerprint density at radius 1 is 1.59 bits per heavy atom. The number of anilines is 1. The number of esters is 1. The third-order valence-corrected chi connectivity index (χ3v) is 2.03. The third-order valence-electron chi connectivity index (χ3n) is 2.03. The summed E-state index contributed by atoms with van der Waals surface area (Å²) in [5.41, 5.74) is 0.708. The molecule has 0 atom stereocenters. The van der Waals surface area contributed by atoms with Crippen molar-refractivity contribution in [3.63, 3.8) is 0 Å². The van der Waals surface area contributed by atoms with E-state index in [-0.39, 0.29) is 5.82 Å². The van der Waals surface area contributed by atoms with Crippen LogP contribution in [-0.2, 0) is 4.74 Å². The van der Waals surface area contributed by atoms with Gasteiger partial charge < -0.3 is 10.1 Å². The van der Waals surface area contributed by atoms with Crippen LogP contribution in [0.2, 0.25) is 0 Å². The Bertz CT molecular complexity index is 438. The highest BCUT2D eigenvalue weighted by molar-refractivity contribution is 5.85. The van der Waals surface area contributed by atoms with Crippen LogP contribution in [-0.4, -0.2) is 29.6 Å². The molecule has 1 rings (SSSR count). The minimum absolute atomic E-state index is 0.0620. The smallest absolute Gasteiger partial charge is 0.376 e. The van der Waals surface area contributed by atoms with Crippen LogP contribution in [0.3, 0.4) is 0 Å². The number of terminal acetylenes is 1. The Hall–Kier alpha value is -2.09. The minimum Gasteiger partial charge on any atom is -0.463 e. The molecule has 0 bridgehead atoms. The van der Waals surface area contributed by atoms with E-state index in [0.717, 1.165) is 6.42 Å². The van der Waals surface area contributed by atoms with Gasteiger partial charge in [0, 0.05) is 24.7 Å². The Morgan fingerprint density at radius 2 is 2.35 bits per heavy atom. The van der Waals surface area contributed by atoms with Crippen molar-refractivity contribution in [2.45, 2.75) is 19.8 Å². The fraction of sp³-hybridized carbons (Fsp3) is 0.417. The van der Waals surface area contributed by atoms with E-state index in [1.807, 2.05) is 0 Å². The number of nitrogens with zero attached hydrogens (tertiary/aromatic N) is 2. The molecule has 0 aliphatic carbocycles. The lowest BCUT2D eigenvalue weighted by Gasteiger charge is -2.06. The van der Waals surface area contributed by atoms with E-state index in [2.05, 4.69) is 25.9 Å². The van der Waals surface area contributed by atoms with E-state index in [1.54, 1.807) is 13.0 Å². The molecular weight excluding hydrogens is 218 g/mol. The molecule has 90 valence electrons. The number of hydrogen-bond acceptors (Lipinski definition) is 5. The normalized spacial score (nSPS) is 9.47. The van der Waals surface area contributed by atoms with Crippen LogP contribution in [0.5, 0.6) is 0 Å². The molecule has 0 spiro atoms. The fourth-order valence-electron chi connectivity index (χ4n) is 1.25. The summed E-state index contributed by atoms with van der Waals surface area (Å²) in [5, 5.41) is 3.09. The number of aromatic nitrogens is 2. The maximum Gasteiger partial charge on any atom is 0.376 e. The Morgan fingerprint density at radius 3 is 3.00 bits per heavy atom. The molecule has 0 aromatic carbocycles. The summed E-state index contributed by atoms with van der Waals surface area (Å²) in [7, 11) is 1.30. The van der Waals surface area contributed by atoms with Gasteiger partial charge in [0.05, 0.1) is 7.11 Å². The summed E-state index contributed by atoms with van der Waals surface area (Å²) in [5.74, 6) is 2.68. The predicted octanol–water partition coefficient (Wildman–Crippen LogP) is 1.40. The van der Waals surface area contributed by atoms with Gasteiger partial charge in [-0.05, 0) is 13.3 Å². The van der Waals surface area contributed by atoms with Crippen molar-refractivity contribution in [2.75, 3.05) is 19.0 Å². The third kappa shape index (κ3) is 4.11. The molecule has 1 aromatic heterocycles. The lowest BCUT2D eigenvalue weighted by Crippen LogP contribution is -2.11.